The Morgan fingerprint density at radius 1 is 1.11 bits per heavy atom. The van der Waals surface area contributed by atoms with Crippen molar-refractivity contribution in [3.63, 3.8) is 0 Å². The first-order chi connectivity index (χ1) is 13.6. The van der Waals surface area contributed by atoms with Gasteiger partial charge in [-0.3, -0.25) is 14.6 Å². The van der Waals surface area contributed by atoms with Gasteiger partial charge >= 0.3 is 0 Å². The highest BCUT2D eigenvalue weighted by Gasteiger charge is 2.20. The average Bonchev–Trinajstić information content (AvgIpc) is 3.33. The number of likely N-dealkylation sites (N-methyl/N-ethyl adjacent to an activating group) is 1. The summed E-state index contributed by atoms with van der Waals surface area (Å²) < 4.78 is 3.84. The molecule has 0 saturated carbocycles. The quantitative estimate of drug-likeness (QED) is 0.554. The molecule has 0 aromatic carbocycles. The van der Waals surface area contributed by atoms with Crippen molar-refractivity contribution in [1.29, 1.82) is 0 Å². The lowest BCUT2D eigenvalue weighted by Crippen LogP contribution is -2.30. The molecule has 0 saturated heterocycles. The molecule has 1 aliphatic rings. The van der Waals surface area contributed by atoms with Gasteiger partial charge in [-0.1, -0.05) is 6.58 Å². The third-order valence-corrected chi connectivity index (χ3v) is 5.41. The van der Waals surface area contributed by atoms with Crippen molar-refractivity contribution in [3.8, 4) is 11.1 Å². The normalized spacial score (nSPS) is 14.4. The van der Waals surface area contributed by atoms with Crippen LogP contribution in [0.4, 0.5) is 0 Å². The molecule has 4 aromatic heterocycles. The summed E-state index contributed by atoms with van der Waals surface area (Å²) in [6, 6.07) is 6.18. The monoisotopic (exact) mass is 371 g/mol. The first-order valence-corrected chi connectivity index (χ1v) is 9.29. The van der Waals surface area contributed by atoms with E-state index in [0.29, 0.717) is 0 Å². The number of hydrogen-bond donors (Lipinski definition) is 0. The number of nitrogens with zero attached hydrogens (tertiary/aromatic N) is 7. The van der Waals surface area contributed by atoms with Gasteiger partial charge in [-0.05, 0) is 43.3 Å². The van der Waals surface area contributed by atoms with Gasteiger partial charge in [0.2, 0.25) is 0 Å². The van der Waals surface area contributed by atoms with Crippen molar-refractivity contribution >= 4 is 11.2 Å². The Morgan fingerprint density at radius 2 is 2.00 bits per heavy atom. The fourth-order valence-electron chi connectivity index (χ4n) is 3.76. The van der Waals surface area contributed by atoms with Gasteiger partial charge < -0.3 is 0 Å². The van der Waals surface area contributed by atoms with E-state index < -0.39 is 0 Å². The summed E-state index contributed by atoms with van der Waals surface area (Å²) in [4.78, 5) is 11.2. The van der Waals surface area contributed by atoms with Crippen LogP contribution in [-0.4, -0.2) is 47.9 Å². The Kier molecular flexibility index (Phi) is 3.84. The van der Waals surface area contributed by atoms with E-state index in [1.54, 1.807) is 10.8 Å². The van der Waals surface area contributed by atoms with E-state index in [1.165, 1.54) is 5.69 Å². The molecule has 5 heterocycles. The molecule has 0 amide bonds. The van der Waals surface area contributed by atoms with Gasteiger partial charge in [-0.15, -0.1) is 0 Å². The Bertz CT molecular complexity index is 1200. The van der Waals surface area contributed by atoms with Gasteiger partial charge in [0.25, 0.3) is 0 Å². The van der Waals surface area contributed by atoms with E-state index in [-0.39, 0.29) is 0 Å². The standard InChI is InChI=1S/C21H21N7/c1-14(16-4-5-28-21(9-16)23-13-25-28)18-8-17(10-22-15(18)2)19-11-24-27-7-6-26(3)12-20(19)27/h4-5,8-11,13H,1,6-7,12H2,2-3H3. The van der Waals surface area contributed by atoms with Gasteiger partial charge in [0.1, 0.15) is 6.33 Å². The van der Waals surface area contributed by atoms with Gasteiger partial charge in [-0.2, -0.15) is 10.2 Å². The highest BCUT2D eigenvalue weighted by molar-refractivity contribution is 5.82. The average molecular weight is 371 g/mol. The Hall–Kier alpha value is -3.32. The van der Waals surface area contributed by atoms with E-state index in [9.17, 15) is 0 Å². The van der Waals surface area contributed by atoms with Crippen LogP contribution >= 0.6 is 0 Å². The molecule has 0 N–H and O–H groups in total. The molecule has 0 bridgehead atoms. The lowest BCUT2D eigenvalue weighted by atomic mass is 9.96. The molecule has 28 heavy (non-hydrogen) atoms. The van der Waals surface area contributed by atoms with E-state index in [1.807, 2.05) is 37.6 Å². The van der Waals surface area contributed by atoms with Gasteiger partial charge in [0, 0.05) is 47.9 Å². The van der Waals surface area contributed by atoms with Gasteiger partial charge in [0.05, 0.1) is 18.4 Å². The minimum atomic E-state index is 0.800. The molecule has 4 aromatic rings. The predicted molar refractivity (Wildman–Crippen MR) is 108 cm³/mol. The number of aromatic nitrogens is 6. The SMILES string of the molecule is C=C(c1ccn2ncnc2c1)c1cc(-c2cnn3c2CN(C)CC3)cnc1C. The maximum atomic E-state index is 4.66. The number of rotatable bonds is 3. The van der Waals surface area contributed by atoms with Crippen LogP contribution in [0.5, 0.6) is 0 Å². The number of pyridine rings is 2. The summed E-state index contributed by atoms with van der Waals surface area (Å²) in [6.45, 7) is 9.19. The van der Waals surface area contributed by atoms with Crippen LogP contribution in [-0.2, 0) is 13.1 Å². The maximum Gasteiger partial charge on any atom is 0.155 e. The second-order valence-electron chi connectivity index (χ2n) is 7.28. The molecule has 0 fully saturated rings. The molecule has 1 aliphatic heterocycles. The zero-order valence-electron chi connectivity index (χ0n) is 16.0. The van der Waals surface area contributed by atoms with Gasteiger partial charge in [-0.25, -0.2) is 9.50 Å². The smallest absolute Gasteiger partial charge is 0.155 e. The molecule has 0 atom stereocenters. The second-order valence-corrected chi connectivity index (χ2v) is 7.28. The van der Waals surface area contributed by atoms with Crippen LogP contribution in [0.3, 0.4) is 0 Å². The topological polar surface area (TPSA) is 64.1 Å². The zero-order valence-corrected chi connectivity index (χ0v) is 16.0. The summed E-state index contributed by atoms with van der Waals surface area (Å²) in [5, 5.41) is 8.73. The molecule has 5 rings (SSSR count). The Balaban J connectivity index is 1.56. The highest BCUT2D eigenvalue weighted by Crippen LogP contribution is 2.31. The van der Waals surface area contributed by atoms with Crippen molar-refractivity contribution in [1.82, 2.24) is 34.3 Å². The Labute approximate surface area is 163 Å². The molecule has 0 radical (unpaired) electrons. The summed E-state index contributed by atoms with van der Waals surface area (Å²) in [7, 11) is 2.14. The number of aryl methyl sites for hydroxylation is 1. The van der Waals surface area contributed by atoms with E-state index >= 15 is 0 Å². The zero-order chi connectivity index (χ0) is 19.3. The van der Waals surface area contributed by atoms with E-state index in [2.05, 4.69) is 49.4 Å². The van der Waals surface area contributed by atoms with Crippen LogP contribution < -0.4 is 0 Å². The lowest BCUT2D eigenvalue weighted by Gasteiger charge is -2.24. The number of hydrogen-bond acceptors (Lipinski definition) is 5. The summed E-state index contributed by atoms with van der Waals surface area (Å²) >= 11 is 0. The molecule has 7 nitrogen and oxygen atoms in total. The molecular weight excluding hydrogens is 350 g/mol. The first kappa shape index (κ1) is 16.8. The molecular formula is C21H21N7. The predicted octanol–water partition coefficient (Wildman–Crippen LogP) is 2.80. The van der Waals surface area contributed by atoms with E-state index in [0.717, 1.165) is 58.8 Å². The van der Waals surface area contributed by atoms with Crippen molar-refractivity contribution < 1.29 is 0 Å². The third kappa shape index (κ3) is 2.71. The fraction of sp³-hybridized carbons (Fsp3) is 0.238. The number of fused-ring (bicyclic) bond motifs is 2. The van der Waals surface area contributed by atoms with Crippen LogP contribution in [0.1, 0.15) is 22.5 Å². The van der Waals surface area contributed by atoms with E-state index in [4.69, 9.17) is 0 Å². The molecule has 0 unspecified atom stereocenters. The fourth-order valence-corrected chi connectivity index (χ4v) is 3.76. The molecule has 0 spiro atoms. The minimum Gasteiger partial charge on any atom is -0.299 e. The third-order valence-electron chi connectivity index (χ3n) is 5.41. The minimum absolute atomic E-state index is 0.800. The summed E-state index contributed by atoms with van der Waals surface area (Å²) in [6.07, 6.45) is 7.34. The van der Waals surface area contributed by atoms with Crippen LogP contribution in [0.2, 0.25) is 0 Å². The van der Waals surface area contributed by atoms with Gasteiger partial charge in [0.15, 0.2) is 5.65 Å². The summed E-state index contributed by atoms with van der Waals surface area (Å²) in [5.74, 6) is 0. The largest absolute Gasteiger partial charge is 0.299 e. The van der Waals surface area contributed by atoms with Crippen LogP contribution in [0, 0.1) is 6.92 Å². The molecule has 0 aliphatic carbocycles. The first-order valence-electron chi connectivity index (χ1n) is 9.29. The molecule has 7 heteroatoms. The lowest BCUT2D eigenvalue weighted by molar-refractivity contribution is 0.259. The van der Waals surface area contributed by atoms with Crippen LogP contribution in [0.15, 0.2) is 49.7 Å². The van der Waals surface area contributed by atoms with Crippen LogP contribution in [0.25, 0.3) is 22.3 Å². The maximum absolute atomic E-state index is 4.66. The van der Waals surface area contributed by atoms with Crippen molar-refractivity contribution in [2.45, 2.75) is 20.0 Å². The van der Waals surface area contributed by atoms with Crippen molar-refractivity contribution in [2.24, 2.45) is 0 Å². The van der Waals surface area contributed by atoms with Crippen molar-refractivity contribution in [3.05, 3.63) is 72.2 Å². The van der Waals surface area contributed by atoms with Crippen molar-refractivity contribution in [2.75, 3.05) is 13.6 Å². The summed E-state index contributed by atoms with van der Waals surface area (Å²) in [5.41, 5.74) is 8.17. The second kappa shape index (κ2) is 6.38. The Morgan fingerprint density at radius 3 is 2.89 bits per heavy atom. The molecule has 140 valence electrons. The highest BCUT2D eigenvalue weighted by atomic mass is 15.3.